The molecular weight excluding hydrogens is 358 g/mol. The topological polar surface area (TPSA) is 69.4 Å². The maximum atomic E-state index is 11.3. The molecule has 0 spiro atoms. The van der Waals surface area contributed by atoms with Crippen molar-refractivity contribution < 1.29 is 14.5 Å². The molecule has 0 unspecified atom stereocenters. The van der Waals surface area contributed by atoms with E-state index in [1.807, 2.05) is 0 Å². The number of nitro benzene ring substituents is 1. The molecule has 1 rings (SSSR count). The molecule has 0 aliphatic carbocycles. The Bertz CT molecular complexity index is 462. The van der Waals surface area contributed by atoms with Crippen molar-refractivity contribution in [3.8, 4) is 0 Å². The lowest BCUT2D eigenvalue weighted by Gasteiger charge is -2.05. The second-order valence-electron chi connectivity index (χ2n) is 3.13. The molecule has 7 heteroatoms. The fraction of sp³-hybridized carbons (Fsp3) is 0.300. The number of carbonyl (C=O) groups is 1. The Kier molecular flexibility index (Phi) is 5.07. The highest BCUT2D eigenvalue weighted by Gasteiger charge is 2.17. The predicted molar refractivity (Wildman–Crippen MR) is 68.8 cm³/mol. The summed E-state index contributed by atoms with van der Waals surface area (Å²) in [7, 11) is 0. The monoisotopic (exact) mass is 365 g/mol. The van der Waals surface area contributed by atoms with Crippen LogP contribution >= 0.6 is 31.9 Å². The number of rotatable bonds is 4. The van der Waals surface area contributed by atoms with Gasteiger partial charge in [-0.3, -0.25) is 14.9 Å². The third-order valence-electron chi connectivity index (χ3n) is 1.95. The molecule has 0 heterocycles. The SMILES string of the molecule is CCOC(=O)Cc1cc(Br)c([N+](=O)[O-])cc1Br. The van der Waals surface area contributed by atoms with E-state index < -0.39 is 4.92 Å². The fourth-order valence-corrected chi connectivity index (χ4v) is 2.23. The molecule has 92 valence electrons. The summed E-state index contributed by atoms with van der Waals surface area (Å²) in [5.41, 5.74) is 0.588. The fourth-order valence-electron chi connectivity index (χ4n) is 1.22. The minimum Gasteiger partial charge on any atom is -0.466 e. The van der Waals surface area contributed by atoms with Crippen molar-refractivity contribution in [3.05, 3.63) is 36.8 Å². The Morgan fingerprint density at radius 1 is 1.41 bits per heavy atom. The van der Waals surface area contributed by atoms with Gasteiger partial charge >= 0.3 is 5.97 Å². The summed E-state index contributed by atoms with van der Waals surface area (Å²) in [6.07, 6.45) is 0.0744. The molecule has 0 amide bonds. The minimum atomic E-state index is -0.497. The number of nitro groups is 1. The van der Waals surface area contributed by atoms with Crippen molar-refractivity contribution in [1.82, 2.24) is 0 Å². The molecule has 0 bridgehead atoms. The number of ether oxygens (including phenoxy) is 1. The first-order chi connectivity index (χ1) is 7.95. The number of nitrogens with zero attached hydrogens (tertiary/aromatic N) is 1. The van der Waals surface area contributed by atoms with Crippen LogP contribution in [0.15, 0.2) is 21.1 Å². The van der Waals surface area contributed by atoms with Gasteiger partial charge in [0.15, 0.2) is 0 Å². The molecule has 0 saturated carbocycles. The van der Waals surface area contributed by atoms with Gasteiger partial charge in [-0.15, -0.1) is 0 Å². The van der Waals surface area contributed by atoms with Crippen molar-refractivity contribution in [1.29, 1.82) is 0 Å². The number of hydrogen-bond acceptors (Lipinski definition) is 4. The summed E-state index contributed by atoms with van der Waals surface area (Å²) in [4.78, 5) is 21.5. The Morgan fingerprint density at radius 2 is 2.06 bits per heavy atom. The van der Waals surface area contributed by atoms with Crippen LogP contribution in [0, 0.1) is 10.1 Å². The normalized spacial score (nSPS) is 10.1. The number of carbonyl (C=O) groups excluding carboxylic acids is 1. The van der Waals surface area contributed by atoms with Crippen LogP contribution in [0.25, 0.3) is 0 Å². The highest BCUT2D eigenvalue weighted by molar-refractivity contribution is 9.11. The van der Waals surface area contributed by atoms with Crippen LogP contribution in [-0.4, -0.2) is 17.5 Å². The number of benzene rings is 1. The molecule has 0 aromatic heterocycles. The zero-order valence-corrected chi connectivity index (χ0v) is 12.1. The van der Waals surface area contributed by atoms with Crippen LogP contribution in [0.2, 0.25) is 0 Å². The molecule has 0 fully saturated rings. The highest BCUT2D eigenvalue weighted by Crippen LogP contribution is 2.31. The van der Waals surface area contributed by atoms with E-state index in [1.54, 1.807) is 13.0 Å². The third-order valence-corrected chi connectivity index (χ3v) is 3.33. The molecule has 5 nitrogen and oxygen atoms in total. The Morgan fingerprint density at radius 3 is 2.59 bits per heavy atom. The average molecular weight is 367 g/mol. The molecule has 0 radical (unpaired) electrons. The summed E-state index contributed by atoms with van der Waals surface area (Å²) in [6.45, 7) is 2.03. The molecule has 0 aliphatic heterocycles. The zero-order chi connectivity index (χ0) is 13.0. The average Bonchev–Trinajstić information content (AvgIpc) is 2.22. The molecule has 0 N–H and O–H groups in total. The van der Waals surface area contributed by atoms with Crippen molar-refractivity contribution >= 4 is 43.5 Å². The van der Waals surface area contributed by atoms with Crippen LogP contribution in [0.5, 0.6) is 0 Å². The van der Waals surface area contributed by atoms with E-state index >= 15 is 0 Å². The maximum absolute atomic E-state index is 11.3. The van der Waals surface area contributed by atoms with E-state index in [0.29, 0.717) is 21.1 Å². The first-order valence-electron chi connectivity index (χ1n) is 4.73. The van der Waals surface area contributed by atoms with Gasteiger partial charge in [0.05, 0.1) is 22.4 Å². The van der Waals surface area contributed by atoms with Gasteiger partial charge in [0.25, 0.3) is 5.69 Å². The lowest BCUT2D eigenvalue weighted by atomic mass is 10.1. The Balaban J connectivity index is 2.99. The van der Waals surface area contributed by atoms with Crippen molar-refractivity contribution in [3.63, 3.8) is 0 Å². The molecule has 1 aromatic carbocycles. The quantitative estimate of drug-likeness (QED) is 0.466. The molecule has 0 aliphatic rings. The van der Waals surface area contributed by atoms with Gasteiger partial charge in [0.1, 0.15) is 0 Å². The molecule has 0 atom stereocenters. The first kappa shape index (κ1) is 14.1. The van der Waals surface area contributed by atoms with Gasteiger partial charge in [0, 0.05) is 10.5 Å². The van der Waals surface area contributed by atoms with Crippen molar-refractivity contribution in [2.75, 3.05) is 6.61 Å². The van der Waals surface area contributed by atoms with Gasteiger partial charge in [-0.1, -0.05) is 15.9 Å². The highest BCUT2D eigenvalue weighted by atomic mass is 79.9. The lowest BCUT2D eigenvalue weighted by molar-refractivity contribution is -0.385. The first-order valence-corrected chi connectivity index (χ1v) is 6.32. The van der Waals surface area contributed by atoms with E-state index in [2.05, 4.69) is 31.9 Å². The second-order valence-corrected chi connectivity index (χ2v) is 4.84. The number of halogens is 2. The Hall–Kier alpha value is -0.950. The van der Waals surface area contributed by atoms with E-state index in [4.69, 9.17) is 4.74 Å². The smallest absolute Gasteiger partial charge is 0.310 e. The molecular formula is C10H9Br2NO4. The lowest BCUT2D eigenvalue weighted by Crippen LogP contribution is -2.08. The summed E-state index contributed by atoms with van der Waals surface area (Å²) in [5, 5.41) is 10.7. The van der Waals surface area contributed by atoms with Gasteiger partial charge in [-0.05, 0) is 34.5 Å². The van der Waals surface area contributed by atoms with E-state index in [9.17, 15) is 14.9 Å². The van der Waals surface area contributed by atoms with Gasteiger partial charge < -0.3 is 4.74 Å². The van der Waals surface area contributed by atoms with Gasteiger partial charge in [-0.25, -0.2) is 0 Å². The minimum absolute atomic E-state index is 0.0514. The van der Waals surface area contributed by atoms with Crippen LogP contribution in [0.1, 0.15) is 12.5 Å². The molecule has 1 aromatic rings. The van der Waals surface area contributed by atoms with Crippen LogP contribution in [-0.2, 0) is 16.0 Å². The maximum Gasteiger partial charge on any atom is 0.310 e. The largest absolute Gasteiger partial charge is 0.466 e. The standard InChI is InChI=1S/C10H9Br2NO4/c1-2-17-10(14)4-6-3-8(12)9(13(15)16)5-7(6)11/h3,5H,2,4H2,1H3. The molecule has 17 heavy (non-hydrogen) atoms. The number of hydrogen-bond donors (Lipinski definition) is 0. The van der Waals surface area contributed by atoms with Crippen LogP contribution < -0.4 is 0 Å². The summed E-state index contributed by atoms with van der Waals surface area (Å²) < 4.78 is 5.66. The van der Waals surface area contributed by atoms with E-state index in [1.165, 1.54) is 6.07 Å². The summed E-state index contributed by atoms with van der Waals surface area (Å²) >= 11 is 6.29. The summed E-state index contributed by atoms with van der Waals surface area (Å²) in [6, 6.07) is 2.90. The van der Waals surface area contributed by atoms with Gasteiger partial charge in [0.2, 0.25) is 0 Å². The van der Waals surface area contributed by atoms with E-state index in [-0.39, 0.29) is 18.1 Å². The van der Waals surface area contributed by atoms with Gasteiger partial charge in [-0.2, -0.15) is 0 Å². The second kappa shape index (κ2) is 6.11. The Labute approximate surface area is 115 Å². The van der Waals surface area contributed by atoms with Crippen molar-refractivity contribution in [2.45, 2.75) is 13.3 Å². The van der Waals surface area contributed by atoms with Crippen LogP contribution in [0.3, 0.4) is 0 Å². The number of esters is 1. The van der Waals surface area contributed by atoms with Crippen molar-refractivity contribution in [2.24, 2.45) is 0 Å². The summed E-state index contributed by atoms with van der Waals surface area (Å²) in [5.74, 6) is -0.367. The third kappa shape index (κ3) is 3.78. The molecule has 0 saturated heterocycles. The van der Waals surface area contributed by atoms with Crippen LogP contribution in [0.4, 0.5) is 5.69 Å². The predicted octanol–water partition coefficient (Wildman–Crippen LogP) is 3.23. The van der Waals surface area contributed by atoms with E-state index in [0.717, 1.165) is 0 Å². The zero-order valence-electron chi connectivity index (χ0n) is 8.91.